The number of nitrogens with one attached hydrogen (secondary N) is 2. The Morgan fingerprint density at radius 2 is 1.59 bits per heavy atom. The van der Waals surface area contributed by atoms with E-state index in [9.17, 15) is 8.42 Å². The predicted molar refractivity (Wildman–Crippen MR) is 83.5 cm³/mol. The topological polar surface area (TPSA) is 84.0 Å². The molecule has 1 aromatic heterocycles. The molecule has 0 saturated heterocycles. The molecule has 2 aromatic carbocycles. The first kappa shape index (κ1) is 13.0. The highest BCUT2D eigenvalue weighted by atomic mass is 32.2. The fraction of sp³-hybridized carbons (Fsp3) is 0.0667. The van der Waals surface area contributed by atoms with E-state index in [1.54, 1.807) is 48.5 Å². The number of hydrogen-bond donors (Lipinski definition) is 2. The Bertz CT molecular complexity index is 972. The maximum atomic E-state index is 12.8. The van der Waals surface area contributed by atoms with Crippen LogP contribution < -0.4 is 10.6 Å². The molecular formula is C15H12N4O2S. The van der Waals surface area contributed by atoms with Gasteiger partial charge in [0.1, 0.15) is 5.52 Å². The molecule has 2 N–H and O–H groups in total. The third-order valence-electron chi connectivity index (χ3n) is 3.51. The van der Waals surface area contributed by atoms with Crippen LogP contribution in [0, 0.1) is 0 Å². The van der Waals surface area contributed by atoms with Gasteiger partial charge in [-0.05, 0) is 24.3 Å². The monoisotopic (exact) mass is 312 g/mol. The molecule has 4 rings (SSSR count). The molecule has 1 aliphatic rings. The molecule has 1 aliphatic heterocycles. The fourth-order valence-electron chi connectivity index (χ4n) is 2.45. The summed E-state index contributed by atoms with van der Waals surface area (Å²) in [4.78, 5) is 9.27. The molecule has 0 spiro atoms. The number of anilines is 2. The van der Waals surface area contributed by atoms with Gasteiger partial charge in [0.05, 0.1) is 22.0 Å². The molecule has 0 radical (unpaired) electrons. The van der Waals surface area contributed by atoms with Gasteiger partial charge >= 0.3 is 0 Å². The van der Waals surface area contributed by atoms with E-state index in [1.807, 2.05) is 0 Å². The van der Waals surface area contributed by atoms with Crippen molar-refractivity contribution >= 4 is 32.5 Å². The third kappa shape index (κ3) is 1.90. The number of para-hydroxylation sites is 1. The van der Waals surface area contributed by atoms with E-state index in [2.05, 4.69) is 20.6 Å². The van der Waals surface area contributed by atoms with E-state index >= 15 is 0 Å². The highest BCUT2D eigenvalue weighted by Gasteiger charge is 2.23. The van der Waals surface area contributed by atoms with Gasteiger partial charge in [-0.3, -0.25) is 0 Å². The first-order valence-corrected chi connectivity index (χ1v) is 8.23. The Morgan fingerprint density at radius 3 is 2.36 bits per heavy atom. The van der Waals surface area contributed by atoms with Crippen molar-refractivity contribution in [1.29, 1.82) is 0 Å². The molecule has 22 heavy (non-hydrogen) atoms. The van der Waals surface area contributed by atoms with E-state index in [0.717, 1.165) is 0 Å². The first-order valence-electron chi connectivity index (χ1n) is 6.75. The van der Waals surface area contributed by atoms with Gasteiger partial charge in [0.25, 0.3) is 0 Å². The van der Waals surface area contributed by atoms with Crippen LogP contribution in [0.1, 0.15) is 0 Å². The fourth-order valence-corrected chi connectivity index (χ4v) is 3.88. The molecule has 0 saturated carbocycles. The number of hydrogen-bond acceptors (Lipinski definition) is 6. The lowest BCUT2D eigenvalue weighted by Crippen LogP contribution is -2.04. The summed E-state index contributed by atoms with van der Waals surface area (Å²) in [6, 6.07) is 13.3. The van der Waals surface area contributed by atoms with Gasteiger partial charge in [0, 0.05) is 0 Å². The normalized spacial score (nSPS) is 13.5. The summed E-state index contributed by atoms with van der Waals surface area (Å²) < 4.78 is 25.7. The summed E-state index contributed by atoms with van der Waals surface area (Å²) in [5, 5.41) is 6.08. The predicted octanol–water partition coefficient (Wildman–Crippen LogP) is 2.26. The van der Waals surface area contributed by atoms with Crippen LogP contribution in [0.15, 0.2) is 58.3 Å². The molecule has 6 nitrogen and oxygen atoms in total. The van der Waals surface area contributed by atoms with E-state index in [4.69, 9.17) is 0 Å². The van der Waals surface area contributed by atoms with Crippen molar-refractivity contribution in [3.63, 3.8) is 0 Å². The average Bonchev–Trinajstić information content (AvgIpc) is 3.00. The molecule has 110 valence electrons. The molecule has 0 atom stereocenters. The van der Waals surface area contributed by atoms with E-state index < -0.39 is 9.84 Å². The zero-order valence-corrected chi connectivity index (χ0v) is 12.3. The first-order chi connectivity index (χ1) is 10.7. The van der Waals surface area contributed by atoms with Crippen molar-refractivity contribution in [2.75, 3.05) is 17.3 Å². The van der Waals surface area contributed by atoms with Crippen LogP contribution in [-0.4, -0.2) is 25.1 Å². The van der Waals surface area contributed by atoms with Crippen LogP contribution in [0.5, 0.6) is 0 Å². The highest BCUT2D eigenvalue weighted by Crippen LogP contribution is 2.30. The molecule has 3 aromatic rings. The molecule has 0 aliphatic carbocycles. The lowest BCUT2D eigenvalue weighted by molar-refractivity contribution is 0.597. The molecule has 0 unspecified atom stereocenters. The quantitative estimate of drug-likeness (QED) is 0.755. The summed E-state index contributed by atoms with van der Waals surface area (Å²) in [6.07, 6.45) is 0. The lowest BCUT2D eigenvalue weighted by Gasteiger charge is -2.08. The Kier molecular flexibility index (Phi) is 2.77. The van der Waals surface area contributed by atoms with Crippen LogP contribution in [0.3, 0.4) is 0 Å². The highest BCUT2D eigenvalue weighted by molar-refractivity contribution is 7.91. The SMILES string of the molecule is O=S(=O)(c1ccccc1)c1cccc2nc3c(nc12)NCN3. The van der Waals surface area contributed by atoms with Crippen LogP contribution >= 0.6 is 0 Å². The minimum atomic E-state index is -3.63. The average molecular weight is 312 g/mol. The van der Waals surface area contributed by atoms with Crippen molar-refractivity contribution in [1.82, 2.24) is 9.97 Å². The van der Waals surface area contributed by atoms with Crippen molar-refractivity contribution in [3.8, 4) is 0 Å². The minimum Gasteiger partial charge on any atom is -0.350 e. The molecule has 2 heterocycles. The van der Waals surface area contributed by atoms with Gasteiger partial charge in [-0.25, -0.2) is 18.4 Å². The Balaban J connectivity index is 2.00. The second-order valence-electron chi connectivity index (χ2n) is 4.89. The molecule has 0 bridgehead atoms. The van der Waals surface area contributed by atoms with Gasteiger partial charge in [-0.2, -0.15) is 0 Å². The van der Waals surface area contributed by atoms with Gasteiger partial charge in [0.15, 0.2) is 11.6 Å². The van der Waals surface area contributed by atoms with E-state index in [-0.39, 0.29) is 9.79 Å². The maximum absolute atomic E-state index is 12.8. The summed E-state index contributed by atoms with van der Waals surface area (Å²) in [5.41, 5.74) is 0.924. The largest absolute Gasteiger partial charge is 0.350 e. The van der Waals surface area contributed by atoms with Crippen LogP contribution in [0.25, 0.3) is 11.0 Å². The molecule has 7 heteroatoms. The number of benzene rings is 2. The molecular weight excluding hydrogens is 300 g/mol. The summed E-state index contributed by atoms with van der Waals surface area (Å²) >= 11 is 0. The smallest absolute Gasteiger partial charge is 0.208 e. The number of aromatic nitrogens is 2. The van der Waals surface area contributed by atoms with Crippen LogP contribution in [0.4, 0.5) is 11.6 Å². The van der Waals surface area contributed by atoms with E-state index in [1.165, 1.54) is 0 Å². The van der Waals surface area contributed by atoms with Gasteiger partial charge < -0.3 is 10.6 Å². The number of sulfone groups is 1. The second-order valence-corrected chi connectivity index (χ2v) is 6.81. The van der Waals surface area contributed by atoms with Crippen molar-refractivity contribution < 1.29 is 8.42 Å². The van der Waals surface area contributed by atoms with Gasteiger partial charge in [0.2, 0.25) is 9.84 Å². The molecule has 0 fully saturated rings. The third-order valence-corrected chi connectivity index (χ3v) is 5.31. The standard InChI is InChI=1S/C15H12N4O2S/c20-22(21,10-5-2-1-3-6-10)12-8-4-7-11-13(12)19-15-14(18-11)16-9-17-15/h1-8H,9H2,(H,16,18)(H,17,19). The van der Waals surface area contributed by atoms with Crippen molar-refractivity contribution in [3.05, 3.63) is 48.5 Å². The van der Waals surface area contributed by atoms with Crippen molar-refractivity contribution in [2.24, 2.45) is 0 Å². The Morgan fingerprint density at radius 1 is 0.864 bits per heavy atom. The number of rotatable bonds is 2. The zero-order valence-electron chi connectivity index (χ0n) is 11.4. The lowest BCUT2D eigenvalue weighted by atomic mass is 10.3. The number of nitrogens with zero attached hydrogens (tertiary/aromatic N) is 2. The minimum absolute atomic E-state index is 0.167. The van der Waals surface area contributed by atoms with Gasteiger partial charge in [-0.1, -0.05) is 24.3 Å². The summed E-state index contributed by atoms with van der Waals surface area (Å²) in [6.45, 7) is 0.534. The van der Waals surface area contributed by atoms with E-state index in [0.29, 0.717) is 29.3 Å². The number of fused-ring (bicyclic) bond motifs is 2. The van der Waals surface area contributed by atoms with Crippen molar-refractivity contribution in [2.45, 2.75) is 9.79 Å². The second kappa shape index (κ2) is 4.67. The van der Waals surface area contributed by atoms with Gasteiger partial charge in [-0.15, -0.1) is 0 Å². The summed E-state index contributed by atoms with van der Waals surface area (Å²) in [7, 11) is -3.63. The Hall–Kier alpha value is -2.67. The maximum Gasteiger partial charge on any atom is 0.208 e. The molecule has 0 amide bonds. The summed E-state index contributed by atoms with van der Waals surface area (Å²) in [5.74, 6) is 1.21. The van der Waals surface area contributed by atoms with Crippen LogP contribution in [-0.2, 0) is 9.84 Å². The van der Waals surface area contributed by atoms with Crippen LogP contribution in [0.2, 0.25) is 0 Å². The Labute approximate surface area is 127 Å². The zero-order chi connectivity index (χ0) is 15.2.